The van der Waals surface area contributed by atoms with Crippen molar-refractivity contribution in [1.82, 2.24) is 0 Å². The normalized spacial score (nSPS) is 13.0. The summed E-state index contributed by atoms with van der Waals surface area (Å²) in [7, 11) is 0. The monoisotopic (exact) mass is 231 g/mol. The molecule has 0 saturated heterocycles. The molecule has 2 heteroatoms. The van der Waals surface area contributed by atoms with E-state index < -0.39 is 0 Å². The van der Waals surface area contributed by atoms with Crippen molar-refractivity contribution in [3.05, 3.63) is 57.8 Å². The molecule has 0 aliphatic carbocycles. The number of hydrogen-bond donors (Lipinski definition) is 1. The highest BCUT2D eigenvalue weighted by atomic mass is 32.1. The predicted octanol–water partition coefficient (Wildman–Crippen LogP) is 3.92. The summed E-state index contributed by atoms with van der Waals surface area (Å²) in [4.78, 5) is 1.22. The molecular formula is C14H17NS. The van der Waals surface area contributed by atoms with Gasteiger partial charge in [-0.3, -0.25) is 0 Å². The van der Waals surface area contributed by atoms with Gasteiger partial charge in [0.2, 0.25) is 0 Å². The van der Waals surface area contributed by atoms with Gasteiger partial charge in [0.1, 0.15) is 0 Å². The summed E-state index contributed by atoms with van der Waals surface area (Å²) in [6.45, 7) is 4.41. The molecule has 1 aromatic carbocycles. The van der Waals surface area contributed by atoms with E-state index in [0.29, 0.717) is 5.92 Å². The van der Waals surface area contributed by atoms with E-state index in [0.717, 1.165) is 0 Å². The van der Waals surface area contributed by atoms with Crippen molar-refractivity contribution >= 4 is 11.3 Å². The summed E-state index contributed by atoms with van der Waals surface area (Å²) in [6, 6.07) is 12.7. The summed E-state index contributed by atoms with van der Waals surface area (Å²) in [5, 5.41) is 2.07. The van der Waals surface area contributed by atoms with Gasteiger partial charge in [-0.25, -0.2) is 0 Å². The van der Waals surface area contributed by atoms with E-state index in [2.05, 4.69) is 49.6 Å². The Morgan fingerprint density at radius 2 is 1.81 bits per heavy atom. The van der Waals surface area contributed by atoms with Crippen molar-refractivity contribution in [2.75, 3.05) is 0 Å². The van der Waals surface area contributed by atoms with Gasteiger partial charge in [0, 0.05) is 4.88 Å². The lowest BCUT2D eigenvalue weighted by Gasteiger charge is -2.13. The van der Waals surface area contributed by atoms with Crippen LogP contribution in [0.4, 0.5) is 0 Å². The van der Waals surface area contributed by atoms with Crippen molar-refractivity contribution in [3.8, 4) is 0 Å². The Morgan fingerprint density at radius 1 is 1.06 bits per heavy atom. The van der Waals surface area contributed by atoms with Crippen molar-refractivity contribution in [2.24, 2.45) is 5.73 Å². The van der Waals surface area contributed by atoms with Crippen LogP contribution in [-0.2, 0) is 0 Å². The average Bonchev–Trinajstić information content (AvgIpc) is 2.81. The van der Waals surface area contributed by atoms with Crippen LogP contribution in [0.2, 0.25) is 0 Å². The molecule has 1 atom stereocenters. The first-order chi connectivity index (χ1) is 7.68. The maximum absolute atomic E-state index is 6.24. The number of rotatable bonds is 3. The topological polar surface area (TPSA) is 26.0 Å². The lowest BCUT2D eigenvalue weighted by atomic mass is 9.97. The molecule has 1 heterocycles. The maximum atomic E-state index is 6.24. The zero-order chi connectivity index (χ0) is 11.5. The van der Waals surface area contributed by atoms with Gasteiger partial charge in [0.15, 0.2) is 0 Å². The number of benzene rings is 1. The van der Waals surface area contributed by atoms with Gasteiger partial charge >= 0.3 is 0 Å². The molecule has 2 rings (SSSR count). The van der Waals surface area contributed by atoms with E-state index in [-0.39, 0.29) is 6.04 Å². The van der Waals surface area contributed by atoms with Crippen LogP contribution < -0.4 is 5.73 Å². The first-order valence-corrected chi connectivity index (χ1v) is 6.45. The molecule has 0 unspecified atom stereocenters. The Morgan fingerprint density at radius 3 is 2.44 bits per heavy atom. The van der Waals surface area contributed by atoms with Crippen LogP contribution in [-0.4, -0.2) is 0 Å². The standard InChI is InChI=1S/C14H17NS/c1-10(2)11-5-3-6-12(9-11)14(15)13-7-4-8-16-13/h3-10,14H,15H2,1-2H3/t14-/m0/s1. The molecule has 0 aliphatic rings. The van der Waals surface area contributed by atoms with E-state index in [4.69, 9.17) is 5.73 Å². The molecule has 16 heavy (non-hydrogen) atoms. The number of thiophene rings is 1. The van der Waals surface area contributed by atoms with E-state index in [1.54, 1.807) is 11.3 Å². The summed E-state index contributed by atoms with van der Waals surface area (Å²) in [6.07, 6.45) is 0. The van der Waals surface area contributed by atoms with Gasteiger partial charge in [-0.15, -0.1) is 11.3 Å². The maximum Gasteiger partial charge on any atom is 0.0646 e. The highest BCUT2D eigenvalue weighted by Crippen LogP contribution is 2.25. The molecule has 2 aromatic rings. The fourth-order valence-corrected chi connectivity index (χ4v) is 2.50. The molecule has 0 saturated carbocycles. The molecule has 84 valence electrons. The molecule has 2 N–H and O–H groups in total. The minimum Gasteiger partial charge on any atom is -0.320 e. The van der Waals surface area contributed by atoms with Crippen LogP contribution in [0.25, 0.3) is 0 Å². The van der Waals surface area contributed by atoms with Crippen LogP contribution in [0.1, 0.15) is 41.8 Å². The van der Waals surface area contributed by atoms with Gasteiger partial charge < -0.3 is 5.73 Å². The van der Waals surface area contributed by atoms with E-state index >= 15 is 0 Å². The lowest BCUT2D eigenvalue weighted by Crippen LogP contribution is -2.10. The van der Waals surface area contributed by atoms with Gasteiger partial charge in [-0.05, 0) is 28.5 Å². The van der Waals surface area contributed by atoms with Gasteiger partial charge in [-0.2, -0.15) is 0 Å². The van der Waals surface area contributed by atoms with Crippen molar-refractivity contribution in [2.45, 2.75) is 25.8 Å². The molecule has 0 fully saturated rings. The quantitative estimate of drug-likeness (QED) is 0.851. The third-order valence-corrected chi connectivity index (χ3v) is 3.74. The number of hydrogen-bond acceptors (Lipinski definition) is 2. The first-order valence-electron chi connectivity index (χ1n) is 5.57. The fraction of sp³-hybridized carbons (Fsp3) is 0.286. The summed E-state index contributed by atoms with van der Waals surface area (Å²) < 4.78 is 0. The Bertz CT molecular complexity index is 446. The second-order valence-corrected chi connectivity index (χ2v) is 5.30. The zero-order valence-electron chi connectivity index (χ0n) is 9.68. The van der Waals surface area contributed by atoms with Gasteiger partial charge in [-0.1, -0.05) is 44.2 Å². The third kappa shape index (κ3) is 2.34. The molecule has 0 spiro atoms. The highest BCUT2D eigenvalue weighted by molar-refractivity contribution is 7.10. The Kier molecular flexibility index (Phi) is 3.42. The number of nitrogens with two attached hydrogens (primary N) is 1. The van der Waals surface area contributed by atoms with E-state index in [1.807, 2.05) is 6.07 Å². The minimum absolute atomic E-state index is 0.0127. The van der Waals surface area contributed by atoms with Crippen LogP contribution in [0.3, 0.4) is 0 Å². The SMILES string of the molecule is CC(C)c1cccc([C@H](N)c2cccs2)c1. The van der Waals surface area contributed by atoms with Crippen molar-refractivity contribution in [3.63, 3.8) is 0 Å². The average molecular weight is 231 g/mol. The van der Waals surface area contributed by atoms with Gasteiger partial charge in [0.25, 0.3) is 0 Å². The predicted molar refractivity (Wildman–Crippen MR) is 70.9 cm³/mol. The van der Waals surface area contributed by atoms with Crippen LogP contribution in [0.15, 0.2) is 41.8 Å². The molecule has 0 bridgehead atoms. The Balaban J connectivity index is 2.30. The van der Waals surface area contributed by atoms with Crippen LogP contribution in [0, 0.1) is 0 Å². The minimum atomic E-state index is 0.0127. The Labute approximate surface area is 101 Å². The molecule has 0 aliphatic heterocycles. The second-order valence-electron chi connectivity index (χ2n) is 4.32. The highest BCUT2D eigenvalue weighted by Gasteiger charge is 2.10. The third-order valence-electron chi connectivity index (χ3n) is 2.79. The van der Waals surface area contributed by atoms with Crippen molar-refractivity contribution < 1.29 is 0 Å². The zero-order valence-corrected chi connectivity index (χ0v) is 10.5. The molecule has 1 aromatic heterocycles. The Hall–Kier alpha value is -1.12. The van der Waals surface area contributed by atoms with Crippen LogP contribution >= 0.6 is 11.3 Å². The van der Waals surface area contributed by atoms with Crippen LogP contribution in [0.5, 0.6) is 0 Å². The van der Waals surface area contributed by atoms with E-state index in [1.165, 1.54) is 16.0 Å². The molecule has 0 radical (unpaired) electrons. The summed E-state index contributed by atoms with van der Waals surface area (Å²) in [5.41, 5.74) is 8.79. The molecule has 1 nitrogen and oxygen atoms in total. The molecular weight excluding hydrogens is 214 g/mol. The summed E-state index contributed by atoms with van der Waals surface area (Å²) in [5.74, 6) is 0.551. The second kappa shape index (κ2) is 4.81. The largest absolute Gasteiger partial charge is 0.320 e. The van der Waals surface area contributed by atoms with Crippen molar-refractivity contribution in [1.29, 1.82) is 0 Å². The fourth-order valence-electron chi connectivity index (χ4n) is 1.74. The lowest BCUT2D eigenvalue weighted by molar-refractivity contribution is 0.844. The molecule has 0 amide bonds. The smallest absolute Gasteiger partial charge is 0.0646 e. The first kappa shape index (κ1) is 11.4. The van der Waals surface area contributed by atoms with E-state index in [9.17, 15) is 0 Å². The summed E-state index contributed by atoms with van der Waals surface area (Å²) >= 11 is 1.72. The van der Waals surface area contributed by atoms with Gasteiger partial charge in [0.05, 0.1) is 6.04 Å².